The fourth-order valence-corrected chi connectivity index (χ4v) is 1.84. The van der Waals surface area contributed by atoms with E-state index in [-0.39, 0.29) is 23.6 Å². The minimum atomic E-state index is -0.938. The van der Waals surface area contributed by atoms with Crippen LogP contribution in [-0.4, -0.2) is 31.8 Å². The summed E-state index contributed by atoms with van der Waals surface area (Å²) in [7, 11) is 0. The molecule has 0 bridgehead atoms. The molecule has 2 rings (SSSR count). The Morgan fingerprint density at radius 1 is 1.40 bits per heavy atom. The molecule has 4 nitrogen and oxygen atoms in total. The molecule has 1 aliphatic heterocycles. The Labute approximate surface area is 114 Å². The Morgan fingerprint density at radius 2 is 2.10 bits per heavy atom. The molecule has 20 heavy (non-hydrogen) atoms. The number of allylic oxidation sites excluding steroid dienone is 1. The molecule has 0 spiro atoms. The van der Waals surface area contributed by atoms with E-state index >= 15 is 0 Å². The van der Waals surface area contributed by atoms with Gasteiger partial charge in [-0.25, -0.2) is 8.78 Å². The second-order valence-corrected chi connectivity index (χ2v) is 4.41. The predicted molar refractivity (Wildman–Crippen MR) is 71.6 cm³/mol. The Hall–Kier alpha value is -2.08. The van der Waals surface area contributed by atoms with Crippen molar-refractivity contribution in [2.24, 2.45) is 10.7 Å². The van der Waals surface area contributed by atoms with Gasteiger partial charge in [0.1, 0.15) is 11.6 Å². The maximum absolute atomic E-state index is 13.4. The molecule has 0 radical (unpaired) electrons. The molecule has 1 fully saturated rings. The second kappa shape index (κ2) is 6.38. The molecule has 0 aliphatic carbocycles. The highest BCUT2D eigenvalue weighted by molar-refractivity contribution is 5.84. The number of rotatable bonds is 4. The van der Waals surface area contributed by atoms with Crippen LogP contribution >= 0.6 is 0 Å². The SMILES string of the molecule is NC(=CC=N[C@H]1CCOC1)c1cc(F)c(C=O)c(F)c1. The maximum Gasteiger partial charge on any atom is 0.155 e. The Morgan fingerprint density at radius 3 is 2.65 bits per heavy atom. The number of carbonyl (C=O) groups excluding carboxylic acids is 1. The Kier molecular flexibility index (Phi) is 4.57. The van der Waals surface area contributed by atoms with Gasteiger partial charge in [0, 0.05) is 24.1 Å². The Bertz CT molecular complexity index is 541. The van der Waals surface area contributed by atoms with Crippen LogP contribution in [0.3, 0.4) is 0 Å². The number of nitrogens with zero attached hydrogens (tertiary/aromatic N) is 1. The van der Waals surface area contributed by atoms with Crippen molar-refractivity contribution in [3.05, 3.63) is 41.0 Å². The number of halogens is 2. The topological polar surface area (TPSA) is 64.7 Å². The van der Waals surface area contributed by atoms with Crippen LogP contribution < -0.4 is 5.73 Å². The number of aldehydes is 1. The van der Waals surface area contributed by atoms with Crippen molar-refractivity contribution in [2.75, 3.05) is 13.2 Å². The summed E-state index contributed by atoms with van der Waals surface area (Å²) in [4.78, 5) is 14.7. The van der Waals surface area contributed by atoms with E-state index in [9.17, 15) is 13.6 Å². The lowest BCUT2D eigenvalue weighted by Gasteiger charge is -2.04. The van der Waals surface area contributed by atoms with Gasteiger partial charge in [0.15, 0.2) is 6.29 Å². The molecule has 1 aliphatic rings. The van der Waals surface area contributed by atoms with Gasteiger partial charge in [-0.3, -0.25) is 9.79 Å². The van der Waals surface area contributed by atoms with E-state index in [1.807, 2.05) is 0 Å². The molecule has 6 heteroatoms. The quantitative estimate of drug-likeness (QED) is 0.677. The van der Waals surface area contributed by atoms with Gasteiger partial charge in [0.25, 0.3) is 0 Å². The lowest BCUT2D eigenvalue weighted by molar-refractivity contribution is 0.111. The van der Waals surface area contributed by atoms with E-state index in [0.717, 1.165) is 18.6 Å². The van der Waals surface area contributed by atoms with E-state index in [0.29, 0.717) is 13.2 Å². The first-order chi connectivity index (χ1) is 9.61. The monoisotopic (exact) mass is 280 g/mol. The van der Waals surface area contributed by atoms with E-state index in [1.165, 1.54) is 12.3 Å². The molecule has 0 amide bonds. The van der Waals surface area contributed by atoms with E-state index < -0.39 is 17.2 Å². The van der Waals surface area contributed by atoms with Gasteiger partial charge >= 0.3 is 0 Å². The predicted octanol–water partition coefficient (Wildman–Crippen LogP) is 1.94. The van der Waals surface area contributed by atoms with Gasteiger partial charge in [-0.1, -0.05) is 0 Å². The highest BCUT2D eigenvalue weighted by atomic mass is 19.1. The molecule has 0 saturated carbocycles. The highest BCUT2D eigenvalue weighted by Gasteiger charge is 2.13. The third-order valence-corrected chi connectivity index (χ3v) is 2.99. The van der Waals surface area contributed by atoms with Crippen LogP contribution in [0.15, 0.2) is 23.2 Å². The molecule has 106 valence electrons. The molecule has 1 aromatic carbocycles. The molecule has 1 heterocycles. The molecule has 2 N–H and O–H groups in total. The third-order valence-electron chi connectivity index (χ3n) is 2.99. The minimum absolute atomic E-state index is 0.102. The van der Waals surface area contributed by atoms with Crippen molar-refractivity contribution >= 4 is 18.2 Å². The summed E-state index contributed by atoms with van der Waals surface area (Å²) in [5, 5.41) is 0. The fourth-order valence-electron chi connectivity index (χ4n) is 1.84. The number of nitrogens with two attached hydrogens (primary N) is 1. The molecule has 1 atom stereocenters. The van der Waals surface area contributed by atoms with Gasteiger partial charge in [0.05, 0.1) is 18.2 Å². The highest BCUT2D eigenvalue weighted by Crippen LogP contribution is 2.17. The van der Waals surface area contributed by atoms with Gasteiger partial charge in [-0.15, -0.1) is 0 Å². The van der Waals surface area contributed by atoms with Gasteiger partial charge < -0.3 is 10.5 Å². The largest absolute Gasteiger partial charge is 0.398 e. The molecular formula is C14H14F2N2O2. The van der Waals surface area contributed by atoms with Gasteiger partial charge in [0.2, 0.25) is 0 Å². The van der Waals surface area contributed by atoms with Crippen molar-refractivity contribution in [3.8, 4) is 0 Å². The summed E-state index contributed by atoms with van der Waals surface area (Å²) in [5.41, 5.74) is 5.46. The number of aliphatic imine (C=N–C) groups is 1. The standard InChI is InChI=1S/C14H14F2N2O2/c15-12-5-9(6-13(16)11(12)7-19)14(17)1-3-18-10-2-4-20-8-10/h1,3,5-7,10H,2,4,8,17H2/t10-/m0/s1. The van der Waals surface area contributed by atoms with Crippen molar-refractivity contribution in [3.63, 3.8) is 0 Å². The molecular weight excluding hydrogens is 266 g/mol. The molecule has 1 saturated heterocycles. The first-order valence-corrected chi connectivity index (χ1v) is 6.13. The first-order valence-electron chi connectivity index (χ1n) is 6.13. The smallest absolute Gasteiger partial charge is 0.155 e. The van der Waals surface area contributed by atoms with E-state index in [4.69, 9.17) is 10.5 Å². The molecule has 0 aromatic heterocycles. The van der Waals surface area contributed by atoms with Crippen LogP contribution in [-0.2, 0) is 4.74 Å². The summed E-state index contributed by atoms with van der Waals surface area (Å²) >= 11 is 0. The third kappa shape index (κ3) is 3.27. The van der Waals surface area contributed by atoms with Crippen molar-refractivity contribution in [1.29, 1.82) is 0 Å². The summed E-state index contributed by atoms with van der Waals surface area (Å²) < 4.78 is 32.0. The number of benzene rings is 1. The lowest BCUT2D eigenvalue weighted by Crippen LogP contribution is -2.04. The average molecular weight is 280 g/mol. The van der Waals surface area contributed by atoms with Crippen LogP contribution in [0.5, 0.6) is 0 Å². The number of hydrogen-bond acceptors (Lipinski definition) is 4. The Balaban J connectivity index is 2.15. The summed E-state index contributed by atoms with van der Waals surface area (Å²) in [6.45, 7) is 1.26. The first kappa shape index (κ1) is 14.3. The maximum atomic E-state index is 13.4. The lowest BCUT2D eigenvalue weighted by atomic mass is 10.1. The number of ether oxygens (including phenoxy) is 1. The van der Waals surface area contributed by atoms with Crippen LogP contribution in [0.4, 0.5) is 8.78 Å². The van der Waals surface area contributed by atoms with Gasteiger partial charge in [-0.05, 0) is 24.6 Å². The zero-order valence-corrected chi connectivity index (χ0v) is 10.7. The van der Waals surface area contributed by atoms with E-state index in [1.54, 1.807) is 0 Å². The van der Waals surface area contributed by atoms with Crippen LogP contribution in [0.2, 0.25) is 0 Å². The summed E-state index contributed by atoms with van der Waals surface area (Å²) in [5.74, 6) is -1.88. The normalized spacial score (nSPS) is 19.7. The van der Waals surface area contributed by atoms with Gasteiger partial charge in [-0.2, -0.15) is 0 Å². The van der Waals surface area contributed by atoms with Crippen molar-refractivity contribution in [2.45, 2.75) is 12.5 Å². The second-order valence-electron chi connectivity index (χ2n) is 4.41. The molecule has 0 unspecified atom stereocenters. The number of carbonyl (C=O) groups is 1. The minimum Gasteiger partial charge on any atom is -0.398 e. The average Bonchev–Trinajstić information content (AvgIpc) is 2.91. The van der Waals surface area contributed by atoms with Crippen molar-refractivity contribution < 1.29 is 18.3 Å². The van der Waals surface area contributed by atoms with Crippen LogP contribution in [0.25, 0.3) is 5.70 Å². The van der Waals surface area contributed by atoms with E-state index in [2.05, 4.69) is 4.99 Å². The summed E-state index contributed by atoms with van der Waals surface area (Å²) in [6, 6.07) is 2.14. The fraction of sp³-hybridized carbons (Fsp3) is 0.286. The van der Waals surface area contributed by atoms with Crippen LogP contribution in [0, 0.1) is 11.6 Å². The zero-order chi connectivity index (χ0) is 14.5. The van der Waals surface area contributed by atoms with Crippen LogP contribution in [0.1, 0.15) is 22.3 Å². The van der Waals surface area contributed by atoms with Crippen molar-refractivity contribution in [1.82, 2.24) is 0 Å². The molecule has 1 aromatic rings. The number of hydrogen-bond donors (Lipinski definition) is 1. The summed E-state index contributed by atoms with van der Waals surface area (Å²) in [6.07, 6.45) is 3.95. The zero-order valence-electron chi connectivity index (χ0n) is 10.7.